The molecule has 1 amide bonds. The second kappa shape index (κ2) is 10.5. The third-order valence-electron chi connectivity index (χ3n) is 4.45. The third-order valence-corrected chi connectivity index (χ3v) is 4.45. The first-order chi connectivity index (χ1) is 10.7. The molecule has 0 bridgehead atoms. The average molecular weight is 341 g/mol. The van der Waals surface area contributed by atoms with Crippen LogP contribution in [0.4, 0.5) is 0 Å². The summed E-state index contributed by atoms with van der Waals surface area (Å²) in [7, 11) is 1.69. The van der Waals surface area contributed by atoms with Gasteiger partial charge in [0.25, 0.3) is 0 Å². The Balaban J connectivity index is 0.00000264. The number of carbonyl (C=O) groups is 1. The molecule has 5 heteroatoms. The monoisotopic (exact) mass is 340 g/mol. The Morgan fingerprint density at radius 1 is 1.35 bits per heavy atom. The highest BCUT2D eigenvalue weighted by Gasteiger charge is 2.14. The second-order valence-electron chi connectivity index (χ2n) is 6.14. The molecule has 0 spiro atoms. The van der Waals surface area contributed by atoms with Crippen LogP contribution in [0.1, 0.15) is 36.8 Å². The van der Waals surface area contributed by atoms with Crippen LogP contribution in [-0.4, -0.2) is 32.7 Å². The van der Waals surface area contributed by atoms with Gasteiger partial charge in [0.2, 0.25) is 5.91 Å². The lowest BCUT2D eigenvalue weighted by molar-refractivity contribution is -0.121. The zero-order valence-corrected chi connectivity index (χ0v) is 15.0. The van der Waals surface area contributed by atoms with Gasteiger partial charge in [-0.3, -0.25) is 4.79 Å². The summed E-state index contributed by atoms with van der Waals surface area (Å²) in [5.41, 5.74) is 2.33. The van der Waals surface area contributed by atoms with Gasteiger partial charge < -0.3 is 15.4 Å². The smallest absolute Gasteiger partial charge is 0.220 e. The minimum Gasteiger partial charge on any atom is -0.496 e. The van der Waals surface area contributed by atoms with Gasteiger partial charge in [0, 0.05) is 13.0 Å². The molecular formula is C18H29ClN2O2. The van der Waals surface area contributed by atoms with Gasteiger partial charge in [0.05, 0.1) is 7.11 Å². The molecule has 1 fully saturated rings. The Morgan fingerprint density at radius 2 is 2.09 bits per heavy atom. The van der Waals surface area contributed by atoms with Crippen LogP contribution in [0.3, 0.4) is 0 Å². The highest BCUT2D eigenvalue weighted by molar-refractivity contribution is 5.85. The molecule has 4 nitrogen and oxygen atoms in total. The number of rotatable bonds is 7. The van der Waals surface area contributed by atoms with Gasteiger partial charge in [-0.25, -0.2) is 0 Å². The van der Waals surface area contributed by atoms with E-state index >= 15 is 0 Å². The zero-order chi connectivity index (χ0) is 15.8. The van der Waals surface area contributed by atoms with Crippen molar-refractivity contribution in [3.8, 4) is 5.75 Å². The Labute approximate surface area is 145 Å². The van der Waals surface area contributed by atoms with E-state index < -0.39 is 0 Å². The van der Waals surface area contributed by atoms with Crippen LogP contribution in [0.15, 0.2) is 18.2 Å². The van der Waals surface area contributed by atoms with Gasteiger partial charge in [-0.05, 0) is 68.8 Å². The lowest BCUT2D eigenvalue weighted by atomic mass is 9.93. The summed E-state index contributed by atoms with van der Waals surface area (Å²) >= 11 is 0. The number of carbonyl (C=O) groups excluding carboxylic acids is 1. The van der Waals surface area contributed by atoms with Crippen molar-refractivity contribution in [2.75, 3.05) is 26.7 Å². The number of benzene rings is 1. The normalized spacial score (nSPS) is 14.9. The molecule has 2 rings (SSSR count). The lowest BCUT2D eigenvalue weighted by Gasteiger charge is -2.22. The highest BCUT2D eigenvalue weighted by atomic mass is 35.5. The quantitative estimate of drug-likeness (QED) is 0.802. The molecule has 2 N–H and O–H groups in total. The van der Waals surface area contributed by atoms with Crippen LogP contribution in [-0.2, 0) is 11.2 Å². The van der Waals surface area contributed by atoms with Crippen LogP contribution < -0.4 is 15.4 Å². The number of hydrogen-bond donors (Lipinski definition) is 2. The largest absolute Gasteiger partial charge is 0.496 e. The number of nitrogens with one attached hydrogen (secondary N) is 2. The highest BCUT2D eigenvalue weighted by Crippen LogP contribution is 2.19. The van der Waals surface area contributed by atoms with Crippen molar-refractivity contribution in [1.29, 1.82) is 0 Å². The molecule has 1 heterocycles. The minimum absolute atomic E-state index is 0. The maximum absolute atomic E-state index is 11.9. The Bertz CT molecular complexity index is 488. The predicted octanol–water partition coefficient (Wildman–Crippen LogP) is 2.86. The van der Waals surface area contributed by atoms with Crippen LogP contribution >= 0.6 is 12.4 Å². The van der Waals surface area contributed by atoms with E-state index in [-0.39, 0.29) is 18.3 Å². The number of hydrogen-bond acceptors (Lipinski definition) is 3. The summed E-state index contributed by atoms with van der Waals surface area (Å²) in [5.74, 6) is 1.81. The van der Waals surface area contributed by atoms with Gasteiger partial charge in [0.15, 0.2) is 0 Å². The average Bonchev–Trinajstić information content (AvgIpc) is 2.55. The molecule has 0 radical (unpaired) electrons. The van der Waals surface area contributed by atoms with Gasteiger partial charge in [-0.2, -0.15) is 0 Å². The second-order valence-corrected chi connectivity index (χ2v) is 6.14. The van der Waals surface area contributed by atoms with Gasteiger partial charge in [-0.1, -0.05) is 12.1 Å². The molecule has 130 valence electrons. The van der Waals surface area contributed by atoms with E-state index in [1.165, 1.54) is 18.4 Å². The maximum atomic E-state index is 11.9. The minimum atomic E-state index is 0. The van der Waals surface area contributed by atoms with Crippen LogP contribution in [0.25, 0.3) is 0 Å². The van der Waals surface area contributed by atoms with Crippen LogP contribution in [0.2, 0.25) is 0 Å². The molecule has 0 atom stereocenters. The number of aryl methyl sites for hydroxylation is 1. The zero-order valence-electron chi connectivity index (χ0n) is 14.2. The molecule has 1 aliphatic rings. The molecule has 1 aromatic rings. The van der Waals surface area contributed by atoms with Crippen LogP contribution in [0, 0.1) is 12.8 Å². The van der Waals surface area contributed by atoms with Crippen molar-refractivity contribution in [1.82, 2.24) is 10.6 Å². The summed E-state index contributed by atoms with van der Waals surface area (Å²) in [6.07, 6.45) is 4.93. The number of methoxy groups -OCH3 is 1. The van der Waals surface area contributed by atoms with Crippen LogP contribution in [0.5, 0.6) is 5.75 Å². The number of amides is 1. The van der Waals surface area contributed by atoms with Crippen molar-refractivity contribution in [3.05, 3.63) is 29.3 Å². The van der Waals surface area contributed by atoms with Gasteiger partial charge in [-0.15, -0.1) is 12.4 Å². The molecule has 1 aliphatic heterocycles. The Morgan fingerprint density at radius 3 is 2.78 bits per heavy atom. The fourth-order valence-electron chi connectivity index (χ4n) is 2.96. The topological polar surface area (TPSA) is 50.4 Å². The molecule has 23 heavy (non-hydrogen) atoms. The number of ether oxygens (including phenoxy) is 1. The first-order valence-electron chi connectivity index (χ1n) is 8.30. The van der Waals surface area contributed by atoms with E-state index in [0.29, 0.717) is 18.9 Å². The SMILES string of the molecule is COc1cc(CCNC(=O)CCC2CCNCC2)ccc1C.Cl. The molecule has 1 aromatic carbocycles. The number of piperidine rings is 1. The van der Waals surface area contributed by atoms with E-state index in [9.17, 15) is 4.79 Å². The van der Waals surface area contributed by atoms with Crippen molar-refractivity contribution in [3.63, 3.8) is 0 Å². The first-order valence-corrected chi connectivity index (χ1v) is 8.30. The molecule has 0 saturated carbocycles. The van der Waals surface area contributed by atoms with E-state index in [0.717, 1.165) is 37.2 Å². The van der Waals surface area contributed by atoms with E-state index in [1.807, 2.05) is 6.92 Å². The van der Waals surface area contributed by atoms with Gasteiger partial charge in [0.1, 0.15) is 5.75 Å². The summed E-state index contributed by atoms with van der Waals surface area (Å²) < 4.78 is 5.33. The van der Waals surface area contributed by atoms with Crippen molar-refractivity contribution < 1.29 is 9.53 Å². The molecule has 1 saturated heterocycles. The van der Waals surface area contributed by atoms with E-state index in [1.54, 1.807) is 7.11 Å². The summed E-state index contributed by atoms with van der Waals surface area (Å²) in [5, 5.41) is 6.38. The standard InChI is InChI=1S/C18H28N2O2.ClH/c1-14-3-4-16(13-17(14)22-2)9-12-20-18(21)6-5-15-7-10-19-11-8-15;/h3-4,13,15,19H,5-12H2,1-2H3,(H,20,21);1H. The maximum Gasteiger partial charge on any atom is 0.220 e. The van der Waals surface area contributed by atoms with E-state index in [2.05, 4.69) is 28.8 Å². The van der Waals surface area contributed by atoms with Crippen molar-refractivity contribution >= 4 is 18.3 Å². The molecule has 0 aliphatic carbocycles. The fraction of sp³-hybridized carbons (Fsp3) is 0.611. The summed E-state index contributed by atoms with van der Waals surface area (Å²) in [6.45, 7) is 4.92. The van der Waals surface area contributed by atoms with Gasteiger partial charge >= 0.3 is 0 Å². The van der Waals surface area contributed by atoms with Crippen molar-refractivity contribution in [2.45, 2.75) is 39.0 Å². The van der Waals surface area contributed by atoms with E-state index in [4.69, 9.17) is 4.74 Å². The number of halogens is 1. The van der Waals surface area contributed by atoms with Crippen molar-refractivity contribution in [2.24, 2.45) is 5.92 Å². The Kier molecular flexibility index (Phi) is 9.03. The first kappa shape index (κ1) is 19.8. The third kappa shape index (κ3) is 6.80. The molecule has 0 aromatic heterocycles. The summed E-state index contributed by atoms with van der Waals surface area (Å²) in [4.78, 5) is 11.9. The summed E-state index contributed by atoms with van der Waals surface area (Å²) in [6, 6.07) is 6.21. The fourth-order valence-corrected chi connectivity index (χ4v) is 2.96. The lowest BCUT2D eigenvalue weighted by Crippen LogP contribution is -2.30. The molecular weight excluding hydrogens is 312 g/mol. The molecule has 0 unspecified atom stereocenters. The predicted molar refractivity (Wildman–Crippen MR) is 96.5 cm³/mol. The Hall–Kier alpha value is -1.26.